The summed E-state index contributed by atoms with van der Waals surface area (Å²) in [6.07, 6.45) is 0. The zero-order valence-electron chi connectivity index (χ0n) is 8.12. The normalized spacial score (nSPS) is 14.5. The van der Waals surface area contributed by atoms with Crippen LogP contribution in [0.1, 0.15) is 16.3 Å². The topological polar surface area (TPSA) is 64.1 Å². The molecule has 1 aliphatic heterocycles. The fourth-order valence-corrected chi connectivity index (χ4v) is 2.47. The van der Waals surface area contributed by atoms with E-state index in [1.54, 1.807) is 11.3 Å². The average Bonchev–Trinajstić information content (AvgIpc) is 2.91. The van der Waals surface area contributed by atoms with E-state index in [4.69, 9.17) is 10.2 Å². The maximum atomic E-state index is 5.67. The lowest BCUT2D eigenvalue weighted by atomic mass is 10.4. The molecule has 0 aliphatic carbocycles. The van der Waals surface area contributed by atoms with Crippen molar-refractivity contribution in [1.82, 2.24) is 10.3 Å². The highest BCUT2D eigenvalue weighted by atomic mass is 32.1. The minimum atomic E-state index is 0.576. The van der Waals surface area contributed by atoms with Crippen molar-refractivity contribution in [3.05, 3.63) is 28.5 Å². The number of oxazole rings is 1. The van der Waals surface area contributed by atoms with Gasteiger partial charge in [-0.05, 0) is 12.1 Å². The molecule has 0 radical (unpaired) electrons. The molecule has 0 fully saturated rings. The average molecular weight is 221 g/mol. The van der Waals surface area contributed by atoms with Gasteiger partial charge >= 0.3 is 0 Å². The van der Waals surface area contributed by atoms with Crippen molar-refractivity contribution in [1.29, 1.82) is 0 Å². The molecule has 3 rings (SSSR count). The Balaban J connectivity index is 1.98. The van der Waals surface area contributed by atoms with E-state index in [0.29, 0.717) is 6.54 Å². The number of nitrogens with one attached hydrogen (secondary N) is 1. The number of aromatic nitrogens is 1. The van der Waals surface area contributed by atoms with E-state index in [0.717, 1.165) is 40.2 Å². The fourth-order valence-electron chi connectivity index (χ4n) is 1.66. The number of nitrogens with zero attached hydrogens (tertiary/aromatic N) is 1. The van der Waals surface area contributed by atoms with Crippen LogP contribution >= 0.6 is 11.3 Å². The first-order chi connectivity index (χ1) is 7.36. The highest BCUT2D eigenvalue weighted by molar-refractivity contribution is 7.15. The Morgan fingerprint density at radius 3 is 3.13 bits per heavy atom. The molecule has 0 amide bonds. The molecule has 0 unspecified atom stereocenters. The van der Waals surface area contributed by atoms with Crippen LogP contribution in [-0.4, -0.2) is 4.98 Å². The molecule has 0 saturated carbocycles. The highest BCUT2D eigenvalue weighted by Gasteiger charge is 2.19. The summed E-state index contributed by atoms with van der Waals surface area (Å²) in [4.78, 5) is 6.66. The molecule has 3 heterocycles. The van der Waals surface area contributed by atoms with Crippen LogP contribution in [0.5, 0.6) is 0 Å². The summed E-state index contributed by atoms with van der Waals surface area (Å²) < 4.78 is 5.67. The Morgan fingerprint density at radius 1 is 1.47 bits per heavy atom. The molecule has 0 saturated heterocycles. The maximum Gasteiger partial charge on any atom is 0.236 e. The van der Waals surface area contributed by atoms with Gasteiger partial charge in [0.1, 0.15) is 5.76 Å². The van der Waals surface area contributed by atoms with Crippen LogP contribution in [0.25, 0.3) is 10.8 Å². The number of hydrogen-bond acceptors (Lipinski definition) is 5. The van der Waals surface area contributed by atoms with E-state index in [9.17, 15) is 0 Å². The second kappa shape index (κ2) is 3.44. The predicted octanol–water partition coefficient (Wildman–Crippen LogP) is 1.46. The molecule has 4 nitrogen and oxygen atoms in total. The van der Waals surface area contributed by atoms with Gasteiger partial charge in [-0.2, -0.15) is 0 Å². The molecule has 78 valence electrons. The van der Waals surface area contributed by atoms with E-state index in [1.165, 1.54) is 0 Å². The monoisotopic (exact) mass is 221 g/mol. The molecule has 2 aromatic rings. The van der Waals surface area contributed by atoms with Gasteiger partial charge in [0, 0.05) is 18.0 Å². The molecular weight excluding hydrogens is 210 g/mol. The standard InChI is InChI=1S/C10H11N3OS/c11-3-6-1-2-9(15-6)10-13-7-4-12-5-8(7)14-10/h1-2,12H,3-5,11H2. The van der Waals surface area contributed by atoms with E-state index < -0.39 is 0 Å². The van der Waals surface area contributed by atoms with Crippen molar-refractivity contribution in [3.63, 3.8) is 0 Å². The molecule has 0 spiro atoms. The third kappa shape index (κ3) is 1.49. The number of hydrogen-bond donors (Lipinski definition) is 2. The highest BCUT2D eigenvalue weighted by Crippen LogP contribution is 2.30. The first-order valence-electron chi connectivity index (χ1n) is 4.85. The lowest BCUT2D eigenvalue weighted by Gasteiger charge is -1.90. The Hall–Kier alpha value is -1.17. The van der Waals surface area contributed by atoms with Gasteiger partial charge in [0.2, 0.25) is 5.89 Å². The zero-order chi connectivity index (χ0) is 10.3. The van der Waals surface area contributed by atoms with Crippen molar-refractivity contribution >= 4 is 11.3 Å². The zero-order valence-corrected chi connectivity index (χ0v) is 8.93. The Bertz CT molecular complexity index is 467. The van der Waals surface area contributed by atoms with Gasteiger partial charge in [-0.1, -0.05) is 0 Å². The number of nitrogens with two attached hydrogens (primary N) is 1. The Kier molecular flexibility index (Phi) is 2.09. The van der Waals surface area contributed by atoms with Gasteiger partial charge in [-0.15, -0.1) is 11.3 Å². The molecule has 1 aliphatic rings. The lowest BCUT2D eigenvalue weighted by Crippen LogP contribution is -2.01. The summed E-state index contributed by atoms with van der Waals surface area (Å²) in [6, 6.07) is 4.04. The largest absolute Gasteiger partial charge is 0.439 e. The predicted molar refractivity (Wildman–Crippen MR) is 58.3 cm³/mol. The molecule has 0 aromatic carbocycles. The van der Waals surface area contributed by atoms with Crippen molar-refractivity contribution in [3.8, 4) is 10.8 Å². The van der Waals surface area contributed by atoms with Crippen molar-refractivity contribution in [2.75, 3.05) is 0 Å². The summed E-state index contributed by atoms with van der Waals surface area (Å²) in [7, 11) is 0. The molecule has 5 heteroatoms. The third-order valence-electron chi connectivity index (χ3n) is 2.43. The number of rotatable bonds is 2. The molecule has 15 heavy (non-hydrogen) atoms. The Morgan fingerprint density at radius 2 is 2.40 bits per heavy atom. The van der Waals surface area contributed by atoms with Crippen LogP contribution in [0, 0.1) is 0 Å². The van der Waals surface area contributed by atoms with Gasteiger partial charge in [0.25, 0.3) is 0 Å². The molecule has 2 aromatic heterocycles. The lowest BCUT2D eigenvalue weighted by molar-refractivity contribution is 0.512. The quantitative estimate of drug-likeness (QED) is 0.806. The van der Waals surface area contributed by atoms with Gasteiger partial charge in [0.05, 0.1) is 17.1 Å². The van der Waals surface area contributed by atoms with Crippen LogP contribution in [0.2, 0.25) is 0 Å². The minimum absolute atomic E-state index is 0.576. The maximum absolute atomic E-state index is 5.67. The van der Waals surface area contributed by atoms with Gasteiger partial charge < -0.3 is 15.5 Å². The van der Waals surface area contributed by atoms with E-state index in [2.05, 4.69) is 10.3 Å². The molecule has 0 atom stereocenters. The van der Waals surface area contributed by atoms with Crippen LogP contribution in [-0.2, 0) is 19.6 Å². The second-order valence-electron chi connectivity index (χ2n) is 3.46. The summed E-state index contributed by atoms with van der Waals surface area (Å²) in [5.41, 5.74) is 6.60. The van der Waals surface area contributed by atoms with Crippen molar-refractivity contribution < 1.29 is 4.42 Å². The van der Waals surface area contributed by atoms with Gasteiger partial charge in [-0.25, -0.2) is 4.98 Å². The van der Waals surface area contributed by atoms with Crippen LogP contribution < -0.4 is 11.1 Å². The molecular formula is C10H11N3OS. The summed E-state index contributed by atoms with van der Waals surface area (Å²) in [5.74, 6) is 1.69. The number of thiophene rings is 1. The third-order valence-corrected chi connectivity index (χ3v) is 3.53. The molecule has 3 N–H and O–H groups in total. The van der Waals surface area contributed by atoms with Crippen molar-refractivity contribution in [2.45, 2.75) is 19.6 Å². The smallest absolute Gasteiger partial charge is 0.236 e. The second-order valence-corrected chi connectivity index (χ2v) is 4.63. The summed E-state index contributed by atoms with van der Waals surface area (Å²) >= 11 is 1.64. The Labute approximate surface area is 91.1 Å². The van der Waals surface area contributed by atoms with Crippen LogP contribution in [0.15, 0.2) is 16.5 Å². The van der Waals surface area contributed by atoms with Gasteiger partial charge in [-0.3, -0.25) is 0 Å². The SMILES string of the molecule is NCc1ccc(-c2nc3c(o2)CNC3)s1. The van der Waals surface area contributed by atoms with Gasteiger partial charge in [0.15, 0.2) is 0 Å². The van der Waals surface area contributed by atoms with E-state index in [-0.39, 0.29) is 0 Å². The van der Waals surface area contributed by atoms with E-state index >= 15 is 0 Å². The van der Waals surface area contributed by atoms with Crippen LogP contribution in [0.4, 0.5) is 0 Å². The first-order valence-corrected chi connectivity index (χ1v) is 5.67. The van der Waals surface area contributed by atoms with Crippen LogP contribution in [0.3, 0.4) is 0 Å². The summed E-state index contributed by atoms with van der Waals surface area (Å²) in [5, 5.41) is 3.19. The minimum Gasteiger partial charge on any atom is -0.439 e. The first kappa shape index (κ1) is 9.08. The van der Waals surface area contributed by atoms with E-state index in [1.807, 2.05) is 12.1 Å². The molecule has 0 bridgehead atoms. The van der Waals surface area contributed by atoms with Crippen molar-refractivity contribution in [2.24, 2.45) is 5.73 Å². The summed E-state index contributed by atoms with van der Waals surface area (Å²) in [6.45, 7) is 2.18. The fraction of sp³-hybridized carbons (Fsp3) is 0.300. The number of fused-ring (bicyclic) bond motifs is 1.